The van der Waals surface area contributed by atoms with E-state index in [-0.39, 0.29) is 17.6 Å². The van der Waals surface area contributed by atoms with Crippen molar-refractivity contribution in [2.24, 2.45) is 0 Å². The monoisotopic (exact) mass is 492 g/mol. The van der Waals surface area contributed by atoms with Crippen LogP contribution in [-0.2, 0) is 14.8 Å². The van der Waals surface area contributed by atoms with E-state index >= 15 is 0 Å². The Balaban J connectivity index is 1.24. The summed E-state index contributed by atoms with van der Waals surface area (Å²) < 4.78 is 27.2. The van der Waals surface area contributed by atoms with Crippen molar-refractivity contribution < 1.29 is 13.2 Å². The highest BCUT2D eigenvalue weighted by Gasteiger charge is 2.27. The Morgan fingerprint density at radius 3 is 2.03 bits per heavy atom. The maximum atomic E-state index is 12.8. The summed E-state index contributed by atoms with van der Waals surface area (Å²) in [6.07, 6.45) is 2.45. The van der Waals surface area contributed by atoms with E-state index in [1.807, 2.05) is 78.9 Å². The van der Waals surface area contributed by atoms with Crippen LogP contribution in [0.2, 0.25) is 0 Å². The van der Waals surface area contributed by atoms with E-state index in [9.17, 15) is 13.2 Å². The van der Waals surface area contributed by atoms with Gasteiger partial charge in [0.2, 0.25) is 15.9 Å². The summed E-state index contributed by atoms with van der Waals surface area (Å²) in [6, 6.07) is 25.7. The van der Waals surface area contributed by atoms with E-state index < -0.39 is 10.0 Å². The number of piperazine rings is 1. The Kier molecular flexibility index (Phi) is 8.50. The Labute approximate surface area is 207 Å². The minimum atomic E-state index is -3.36. The number of carbonyl (C=O) groups is 1. The molecule has 0 bridgehead atoms. The number of aromatic nitrogens is 1. The Morgan fingerprint density at radius 2 is 1.46 bits per heavy atom. The maximum Gasteiger partial charge on any atom is 0.220 e. The van der Waals surface area contributed by atoms with Crippen LogP contribution in [0.15, 0.2) is 85.1 Å². The lowest BCUT2D eigenvalue weighted by Gasteiger charge is -2.34. The van der Waals surface area contributed by atoms with Crippen molar-refractivity contribution in [3.8, 4) is 0 Å². The third-order valence-corrected chi connectivity index (χ3v) is 8.26. The number of carbonyl (C=O) groups excluding carboxylic acids is 1. The average Bonchev–Trinajstić information content (AvgIpc) is 2.91. The Hall–Kier alpha value is -3.23. The molecule has 0 aliphatic carbocycles. The zero-order valence-corrected chi connectivity index (χ0v) is 20.6. The van der Waals surface area contributed by atoms with Crippen LogP contribution in [-0.4, -0.2) is 62.1 Å². The molecule has 0 radical (unpaired) electrons. The van der Waals surface area contributed by atoms with E-state index in [1.54, 1.807) is 10.5 Å². The molecule has 3 aromatic rings. The third-order valence-electron chi connectivity index (χ3n) is 6.30. The number of sulfonamides is 1. The fourth-order valence-electron chi connectivity index (χ4n) is 4.40. The van der Waals surface area contributed by atoms with Crippen LogP contribution in [0.3, 0.4) is 0 Å². The molecule has 1 amide bonds. The maximum absolute atomic E-state index is 12.8. The molecular formula is C27H32N4O3S. The first-order chi connectivity index (χ1) is 17.0. The number of rotatable bonds is 10. The van der Waals surface area contributed by atoms with Crippen molar-refractivity contribution >= 4 is 21.7 Å². The van der Waals surface area contributed by atoms with Crippen LogP contribution in [0, 0.1) is 0 Å². The van der Waals surface area contributed by atoms with Gasteiger partial charge in [0.05, 0.1) is 5.75 Å². The molecule has 7 nitrogen and oxygen atoms in total. The van der Waals surface area contributed by atoms with E-state index in [1.165, 1.54) is 0 Å². The molecule has 1 aromatic heterocycles. The first-order valence-electron chi connectivity index (χ1n) is 12.0. The molecule has 184 valence electrons. The normalized spacial score (nSPS) is 14.7. The second kappa shape index (κ2) is 12.0. The van der Waals surface area contributed by atoms with Crippen molar-refractivity contribution in [2.45, 2.75) is 18.8 Å². The van der Waals surface area contributed by atoms with Crippen LogP contribution >= 0.6 is 0 Å². The molecule has 2 heterocycles. The molecule has 1 N–H and O–H groups in total. The minimum absolute atomic E-state index is 0.0255. The molecule has 0 saturated carbocycles. The third kappa shape index (κ3) is 6.90. The summed E-state index contributed by atoms with van der Waals surface area (Å²) in [7, 11) is -3.36. The fourth-order valence-corrected chi connectivity index (χ4v) is 5.89. The molecule has 0 atom stereocenters. The molecule has 0 unspecified atom stereocenters. The summed E-state index contributed by atoms with van der Waals surface area (Å²) in [5.41, 5.74) is 2.17. The van der Waals surface area contributed by atoms with Gasteiger partial charge in [0.15, 0.2) is 0 Å². The predicted molar refractivity (Wildman–Crippen MR) is 139 cm³/mol. The number of hydrogen-bond acceptors (Lipinski definition) is 5. The van der Waals surface area contributed by atoms with Crippen molar-refractivity contribution in [3.63, 3.8) is 0 Å². The zero-order chi connectivity index (χ0) is 24.5. The van der Waals surface area contributed by atoms with Crippen molar-refractivity contribution in [3.05, 3.63) is 96.2 Å². The fraction of sp³-hybridized carbons (Fsp3) is 0.333. The van der Waals surface area contributed by atoms with E-state index in [0.29, 0.717) is 45.6 Å². The van der Waals surface area contributed by atoms with Gasteiger partial charge in [0.1, 0.15) is 5.82 Å². The second-order valence-electron chi connectivity index (χ2n) is 8.67. The summed E-state index contributed by atoms with van der Waals surface area (Å²) in [5, 5.41) is 2.92. The average molecular weight is 493 g/mol. The number of pyridine rings is 1. The van der Waals surface area contributed by atoms with Crippen LogP contribution < -0.4 is 10.2 Å². The van der Waals surface area contributed by atoms with Gasteiger partial charge in [-0.15, -0.1) is 0 Å². The van der Waals surface area contributed by atoms with E-state index in [4.69, 9.17) is 0 Å². The first-order valence-corrected chi connectivity index (χ1v) is 13.6. The largest absolute Gasteiger partial charge is 0.356 e. The van der Waals surface area contributed by atoms with Crippen molar-refractivity contribution in [2.75, 3.05) is 43.4 Å². The van der Waals surface area contributed by atoms with Gasteiger partial charge in [-0.3, -0.25) is 4.79 Å². The molecule has 0 spiro atoms. The van der Waals surface area contributed by atoms with E-state index in [2.05, 4.69) is 15.2 Å². The topological polar surface area (TPSA) is 82.6 Å². The lowest BCUT2D eigenvalue weighted by Crippen LogP contribution is -2.49. The van der Waals surface area contributed by atoms with Gasteiger partial charge < -0.3 is 10.2 Å². The SMILES string of the molecule is O=C(CC(c1ccccc1)c1ccccc1)NCCCS(=O)(=O)N1CCN(c2ccccn2)CC1. The van der Waals surface area contributed by atoms with Gasteiger partial charge in [0, 0.05) is 51.3 Å². The van der Waals surface area contributed by atoms with E-state index in [0.717, 1.165) is 16.9 Å². The first kappa shape index (κ1) is 24.9. The second-order valence-corrected chi connectivity index (χ2v) is 10.8. The molecule has 1 aliphatic heterocycles. The van der Waals surface area contributed by atoms with Crippen LogP contribution in [0.1, 0.15) is 29.9 Å². The molecule has 8 heteroatoms. The Bertz CT molecular complexity index is 1130. The highest BCUT2D eigenvalue weighted by Crippen LogP contribution is 2.27. The number of benzene rings is 2. The molecule has 1 aliphatic rings. The highest BCUT2D eigenvalue weighted by molar-refractivity contribution is 7.89. The number of hydrogen-bond donors (Lipinski definition) is 1. The Morgan fingerprint density at radius 1 is 0.857 bits per heavy atom. The smallest absolute Gasteiger partial charge is 0.220 e. The summed E-state index contributed by atoms with van der Waals surface area (Å²) in [4.78, 5) is 19.2. The molecule has 4 rings (SSSR count). The summed E-state index contributed by atoms with van der Waals surface area (Å²) in [5.74, 6) is 0.773. The van der Waals surface area contributed by atoms with Gasteiger partial charge in [-0.2, -0.15) is 4.31 Å². The van der Waals surface area contributed by atoms with Gasteiger partial charge in [-0.1, -0.05) is 66.7 Å². The van der Waals surface area contributed by atoms with Gasteiger partial charge in [-0.25, -0.2) is 13.4 Å². The number of amides is 1. The van der Waals surface area contributed by atoms with Crippen molar-refractivity contribution in [1.29, 1.82) is 0 Å². The number of nitrogens with zero attached hydrogens (tertiary/aromatic N) is 3. The predicted octanol–water partition coefficient (Wildman–Crippen LogP) is 3.26. The molecule has 1 fully saturated rings. The summed E-state index contributed by atoms with van der Waals surface area (Å²) >= 11 is 0. The van der Waals surface area contributed by atoms with Crippen LogP contribution in [0.5, 0.6) is 0 Å². The molecule has 35 heavy (non-hydrogen) atoms. The number of anilines is 1. The van der Waals surface area contributed by atoms with Crippen LogP contribution in [0.4, 0.5) is 5.82 Å². The standard InChI is InChI=1S/C27H32N4O3S/c32-27(22-25(23-10-3-1-4-11-23)24-12-5-2-6-13-24)29-16-9-21-35(33,34)31-19-17-30(18-20-31)26-14-7-8-15-28-26/h1-8,10-15,25H,9,16-22H2,(H,29,32). The zero-order valence-electron chi connectivity index (χ0n) is 19.8. The van der Waals surface area contributed by atoms with Gasteiger partial charge >= 0.3 is 0 Å². The van der Waals surface area contributed by atoms with Gasteiger partial charge in [-0.05, 0) is 29.7 Å². The molecule has 1 saturated heterocycles. The quantitative estimate of drug-likeness (QED) is 0.440. The van der Waals surface area contributed by atoms with Crippen LogP contribution in [0.25, 0.3) is 0 Å². The lowest BCUT2D eigenvalue weighted by atomic mass is 9.88. The van der Waals surface area contributed by atoms with Crippen molar-refractivity contribution in [1.82, 2.24) is 14.6 Å². The lowest BCUT2D eigenvalue weighted by molar-refractivity contribution is -0.121. The number of nitrogens with one attached hydrogen (secondary N) is 1. The van der Waals surface area contributed by atoms with Gasteiger partial charge in [0.25, 0.3) is 0 Å². The molecule has 2 aromatic carbocycles. The highest BCUT2D eigenvalue weighted by atomic mass is 32.2. The molecular weight excluding hydrogens is 460 g/mol. The minimum Gasteiger partial charge on any atom is -0.356 e. The summed E-state index contributed by atoms with van der Waals surface area (Å²) in [6.45, 7) is 2.46.